The van der Waals surface area contributed by atoms with Gasteiger partial charge in [0.25, 0.3) is 0 Å². The van der Waals surface area contributed by atoms with Crippen LogP contribution < -0.4 is 0 Å². The van der Waals surface area contributed by atoms with E-state index in [1.54, 1.807) is 0 Å². The molecule has 0 aromatic heterocycles. The molecule has 1 aromatic carbocycles. The van der Waals surface area contributed by atoms with Crippen LogP contribution in [0.5, 0.6) is 0 Å². The van der Waals surface area contributed by atoms with Crippen molar-refractivity contribution in [3.8, 4) is 0 Å². The molecular weight excluding hydrogens is 330 g/mol. The topological polar surface area (TPSA) is 106 Å². The largest absolute Gasteiger partial charge is 0.478 e. The van der Waals surface area contributed by atoms with E-state index in [4.69, 9.17) is 5.11 Å². The predicted octanol–water partition coefficient (Wildman–Crippen LogP) is 0.871. The van der Waals surface area contributed by atoms with Gasteiger partial charge in [-0.25, -0.2) is 30.4 Å². The second-order valence-corrected chi connectivity index (χ2v) is 8.71. The van der Waals surface area contributed by atoms with Gasteiger partial charge in [0.1, 0.15) is 14.7 Å². The van der Waals surface area contributed by atoms with Crippen LogP contribution in [0, 0.1) is 11.6 Å². The summed E-state index contributed by atoms with van der Waals surface area (Å²) >= 11 is 0. The van der Waals surface area contributed by atoms with Crippen LogP contribution in [0.1, 0.15) is 16.8 Å². The van der Waals surface area contributed by atoms with E-state index in [0.717, 1.165) is 6.26 Å². The lowest BCUT2D eigenvalue weighted by atomic mass is 10.2. The first-order valence-electron chi connectivity index (χ1n) is 5.57. The van der Waals surface area contributed by atoms with E-state index in [1.807, 2.05) is 0 Å². The monoisotopic (exact) mass is 342 g/mol. The third kappa shape index (κ3) is 4.74. The van der Waals surface area contributed by atoms with Crippen molar-refractivity contribution in [1.82, 2.24) is 0 Å². The minimum absolute atomic E-state index is 0.306. The zero-order chi connectivity index (χ0) is 16.4. The van der Waals surface area contributed by atoms with Crippen molar-refractivity contribution in [3.05, 3.63) is 29.3 Å². The van der Waals surface area contributed by atoms with Crippen molar-refractivity contribution in [2.45, 2.75) is 11.3 Å². The minimum Gasteiger partial charge on any atom is -0.478 e. The van der Waals surface area contributed by atoms with Crippen LogP contribution in [0.3, 0.4) is 0 Å². The van der Waals surface area contributed by atoms with Crippen LogP contribution in [0.25, 0.3) is 0 Å². The van der Waals surface area contributed by atoms with Crippen LogP contribution in [0.4, 0.5) is 8.78 Å². The molecule has 10 heteroatoms. The Hall–Kier alpha value is -1.55. The van der Waals surface area contributed by atoms with E-state index < -0.39 is 59.2 Å². The molecule has 0 spiro atoms. The van der Waals surface area contributed by atoms with Crippen molar-refractivity contribution in [1.29, 1.82) is 0 Å². The molecule has 0 aliphatic rings. The average Bonchev–Trinajstić information content (AvgIpc) is 2.29. The Morgan fingerprint density at radius 3 is 2.19 bits per heavy atom. The molecule has 0 saturated carbocycles. The van der Waals surface area contributed by atoms with E-state index in [9.17, 15) is 30.4 Å². The predicted molar refractivity (Wildman–Crippen MR) is 69.7 cm³/mol. The van der Waals surface area contributed by atoms with E-state index in [2.05, 4.69) is 0 Å². The summed E-state index contributed by atoms with van der Waals surface area (Å²) in [5.74, 6) is -6.06. The summed E-state index contributed by atoms with van der Waals surface area (Å²) in [7, 11) is -7.73. The van der Waals surface area contributed by atoms with Crippen LogP contribution in [0.15, 0.2) is 17.0 Å². The third-order valence-corrected chi connectivity index (χ3v) is 5.33. The Morgan fingerprint density at radius 1 is 1.14 bits per heavy atom. The number of sulfone groups is 2. The van der Waals surface area contributed by atoms with Crippen molar-refractivity contribution in [2.24, 2.45) is 0 Å². The smallest absolute Gasteiger partial charge is 0.335 e. The molecular formula is C11H12F2O6S2. The molecule has 0 amide bonds. The van der Waals surface area contributed by atoms with Gasteiger partial charge in [-0.3, -0.25) is 0 Å². The minimum atomic E-state index is -4.33. The second-order valence-electron chi connectivity index (χ2n) is 4.38. The maximum absolute atomic E-state index is 13.5. The first-order valence-corrected chi connectivity index (χ1v) is 9.28. The van der Waals surface area contributed by atoms with Crippen LogP contribution >= 0.6 is 0 Å². The van der Waals surface area contributed by atoms with E-state index >= 15 is 0 Å². The van der Waals surface area contributed by atoms with Gasteiger partial charge in [-0.1, -0.05) is 0 Å². The highest BCUT2D eigenvalue weighted by molar-refractivity contribution is 7.92. The number of carboxylic acid groups (broad SMARTS) is 1. The van der Waals surface area contributed by atoms with Crippen LogP contribution in [-0.4, -0.2) is 45.7 Å². The normalized spacial score (nSPS) is 12.3. The summed E-state index contributed by atoms with van der Waals surface area (Å²) in [5, 5.41) is 8.71. The van der Waals surface area contributed by atoms with Gasteiger partial charge in [-0.15, -0.1) is 0 Å². The van der Waals surface area contributed by atoms with Crippen molar-refractivity contribution >= 4 is 25.6 Å². The van der Waals surface area contributed by atoms with Crippen molar-refractivity contribution in [3.63, 3.8) is 0 Å². The number of rotatable bonds is 6. The Labute approximate surface area is 120 Å². The first kappa shape index (κ1) is 17.5. The van der Waals surface area contributed by atoms with E-state index in [0.29, 0.717) is 12.1 Å². The molecule has 0 bridgehead atoms. The zero-order valence-electron chi connectivity index (χ0n) is 10.8. The molecule has 0 aliphatic carbocycles. The maximum atomic E-state index is 13.5. The average molecular weight is 342 g/mol. The van der Waals surface area contributed by atoms with Gasteiger partial charge < -0.3 is 5.11 Å². The van der Waals surface area contributed by atoms with Gasteiger partial charge >= 0.3 is 5.97 Å². The second kappa shape index (κ2) is 6.06. The van der Waals surface area contributed by atoms with Gasteiger partial charge in [0.05, 0.1) is 17.1 Å². The Balaban J connectivity index is 3.16. The lowest BCUT2D eigenvalue weighted by Crippen LogP contribution is -2.15. The lowest BCUT2D eigenvalue weighted by molar-refractivity contribution is 0.0696. The summed E-state index contributed by atoms with van der Waals surface area (Å²) in [6, 6.07) is 0.879. The number of carbonyl (C=O) groups is 1. The maximum Gasteiger partial charge on any atom is 0.335 e. The highest BCUT2D eigenvalue weighted by Gasteiger charge is 2.24. The number of hydrogen-bond acceptors (Lipinski definition) is 5. The molecule has 0 aliphatic heterocycles. The van der Waals surface area contributed by atoms with Crippen LogP contribution in [0.2, 0.25) is 0 Å². The molecule has 1 aromatic rings. The molecule has 6 nitrogen and oxygen atoms in total. The highest BCUT2D eigenvalue weighted by Crippen LogP contribution is 2.21. The van der Waals surface area contributed by atoms with Gasteiger partial charge in [0, 0.05) is 6.26 Å². The van der Waals surface area contributed by atoms with Gasteiger partial charge in [-0.05, 0) is 18.6 Å². The molecule has 0 fully saturated rings. The van der Waals surface area contributed by atoms with Crippen molar-refractivity contribution in [2.75, 3.05) is 17.8 Å². The number of aromatic carboxylic acids is 1. The Kier molecular flexibility index (Phi) is 5.05. The molecule has 21 heavy (non-hydrogen) atoms. The molecule has 1 rings (SSSR count). The Bertz CT molecular complexity index is 768. The third-order valence-electron chi connectivity index (χ3n) is 2.51. The number of benzene rings is 1. The fourth-order valence-corrected chi connectivity index (χ4v) is 3.81. The molecule has 1 N–H and O–H groups in total. The Morgan fingerprint density at radius 2 is 1.71 bits per heavy atom. The zero-order valence-corrected chi connectivity index (χ0v) is 12.5. The standard InChI is InChI=1S/C11H12F2O6S2/c1-20(16,17)3-2-4-21(18,19)9-6-7(11(14)15)5-8(12)10(9)13/h5-6H,2-4H2,1H3,(H,14,15). The van der Waals surface area contributed by atoms with Gasteiger partial charge in [0.2, 0.25) is 0 Å². The van der Waals surface area contributed by atoms with Gasteiger partial charge in [-0.2, -0.15) is 0 Å². The highest BCUT2D eigenvalue weighted by atomic mass is 32.2. The molecule has 0 heterocycles. The molecule has 0 radical (unpaired) electrons. The van der Waals surface area contributed by atoms with Crippen molar-refractivity contribution < 1.29 is 35.5 Å². The summed E-state index contributed by atoms with van der Waals surface area (Å²) < 4.78 is 72.3. The summed E-state index contributed by atoms with van der Waals surface area (Å²) in [6.45, 7) is 0. The fraction of sp³-hybridized carbons (Fsp3) is 0.364. The number of halogens is 2. The number of carboxylic acids is 1. The van der Waals surface area contributed by atoms with E-state index in [-0.39, 0.29) is 6.42 Å². The SMILES string of the molecule is CS(=O)(=O)CCCS(=O)(=O)c1cc(C(=O)O)cc(F)c1F. The summed E-state index contributed by atoms with van der Waals surface area (Å²) in [5.41, 5.74) is -0.712. The lowest BCUT2D eigenvalue weighted by Gasteiger charge is -2.07. The molecule has 118 valence electrons. The van der Waals surface area contributed by atoms with Crippen LogP contribution in [-0.2, 0) is 19.7 Å². The molecule has 0 atom stereocenters. The first-order chi connectivity index (χ1) is 9.44. The molecule has 0 saturated heterocycles. The summed E-state index contributed by atoms with van der Waals surface area (Å²) in [6.07, 6.45) is 0.602. The van der Waals surface area contributed by atoms with Gasteiger partial charge in [0.15, 0.2) is 21.5 Å². The number of hydrogen-bond donors (Lipinski definition) is 1. The summed E-state index contributed by atoms with van der Waals surface area (Å²) in [4.78, 5) is 9.64. The fourth-order valence-electron chi connectivity index (χ4n) is 1.53. The molecule has 0 unspecified atom stereocenters. The quantitative estimate of drug-likeness (QED) is 0.822. The van der Waals surface area contributed by atoms with E-state index in [1.165, 1.54) is 0 Å².